The molecule has 0 aromatic carbocycles. The monoisotopic (exact) mass is 268 g/mol. The fourth-order valence-corrected chi connectivity index (χ4v) is 3.20. The van der Waals surface area contributed by atoms with Crippen LogP contribution in [0.4, 0.5) is 0 Å². The first-order valence-electron chi connectivity index (χ1n) is 6.18. The van der Waals surface area contributed by atoms with E-state index in [9.17, 15) is 0 Å². The zero-order chi connectivity index (χ0) is 9.15. The molecule has 3 rings (SSSR count). The quantitative estimate of drug-likeness (QED) is 0.520. The summed E-state index contributed by atoms with van der Waals surface area (Å²) in [6, 6.07) is 0. The van der Waals surface area contributed by atoms with Crippen LogP contribution in [0.15, 0.2) is 0 Å². The maximum absolute atomic E-state index is 2.31. The van der Waals surface area contributed by atoms with E-state index in [1.807, 2.05) is 5.92 Å². The van der Waals surface area contributed by atoms with E-state index in [4.69, 9.17) is 0 Å². The van der Waals surface area contributed by atoms with Crippen LogP contribution in [0.25, 0.3) is 0 Å². The molecule has 0 aromatic rings. The van der Waals surface area contributed by atoms with Crippen molar-refractivity contribution in [3.05, 3.63) is 5.92 Å². The van der Waals surface area contributed by atoms with Crippen molar-refractivity contribution in [3.8, 4) is 0 Å². The van der Waals surface area contributed by atoms with Crippen LogP contribution in [0, 0.1) is 11.3 Å². The van der Waals surface area contributed by atoms with E-state index in [1.165, 1.54) is 64.2 Å². The number of fused-ring (bicyclic) bond motifs is 3. The molecule has 0 amide bonds. The Morgan fingerprint density at radius 2 is 1.57 bits per heavy atom. The van der Waals surface area contributed by atoms with Gasteiger partial charge in [0.15, 0.2) is 0 Å². The molecule has 0 unspecified atom stereocenters. The molecule has 0 spiro atoms. The first-order chi connectivity index (χ1) is 6.35. The van der Waals surface area contributed by atoms with Gasteiger partial charge >= 0.3 is 0 Å². The average Bonchev–Trinajstić information content (AvgIpc) is 2.21. The molecular weight excluding hydrogens is 245 g/mol. The molecule has 0 aliphatic heterocycles. The van der Waals surface area contributed by atoms with E-state index in [2.05, 4.69) is 6.92 Å². The van der Waals surface area contributed by atoms with Gasteiger partial charge in [0.2, 0.25) is 0 Å². The Morgan fingerprint density at radius 3 is 2.07 bits per heavy atom. The standard InChI is InChI=1S/C13H23.Y/c1-2-3-4-8-13-9-5-12(6-10-13)7-11-13;/h2-11H2,1H3;/q-1;. The Hall–Kier alpha value is 1.10. The molecule has 0 atom stereocenters. The molecule has 0 nitrogen and oxygen atoms in total. The van der Waals surface area contributed by atoms with Gasteiger partial charge in [-0.3, -0.25) is 0 Å². The van der Waals surface area contributed by atoms with Gasteiger partial charge in [-0.25, -0.2) is 0 Å². The van der Waals surface area contributed by atoms with Crippen LogP contribution in [0.2, 0.25) is 0 Å². The van der Waals surface area contributed by atoms with Gasteiger partial charge in [0.05, 0.1) is 0 Å². The van der Waals surface area contributed by atoms with Crippen molar-refractivity contribution >= 4 is 0 Å². The second-order valence-electron chi connectivity index (χ2n) is 5.21. The summed E-state index contributed by atoms with van der Waals surface area (Å²) in [5, 5.41) is 0. The summed E-state index contributed by atoms with van der Waals surface area (Å²) in [6.45, 7) is 2.31. The molecular formula is C13H23Y-. The zero-order valence-electron chi connectivity index (χ0n) is 9.65. The second-order valence-corrected chi connectivity index (χ2v) is 5.21. The molecule has 0 heterocycles. The first kappa shape index (κ1) is 13.2. The van der Waals surface area contributed by atoms with Crippen LogP contribution < -0.4 is 0 Å². The molecule has 3 aliphatic rings. The second kappa shape index (κ2) is 5.99. The summed E-state index contributed by atoms with van der Waals surface area (Å²) >= 11 is 0. The average molecular weight is 268 g/mol. The normalized spacial score (nSPS) is 24.6. The summed E-state index contributed by atoms with van der Waals surface area (Å²) in [4.78, 5) is 0. The number of hydrogen-bond donors (Lipinski definition) is 0. The summed E-state index contributed by atoms with van der Waals surface area (Å²) in [5.74, 6) is 1.89. The molecule has 0 aromatic heterocycles. The maximum atomic E-state index is 2.31. The zero-order valence-corrected chi connectivity index (χ0v) is 12.5. The smallest absolute Gasteiger partial charge is 0 e. The fourth-order valence-electron chi connectivity index (χ4n) is 3.20. The van der Waals surface area contributed by atoms with Crippen molar-refractivity contribution in [1.82, 2.24) is 0 Å². The van der Waals surface area contributed by atoms with E-state index in [-0.39, 0.29) is 32.7 Å². The molecule has 14 heavy (non-hydrogen) atoms. The van der Waals surface area contributed by atoms with Crippen molar-refractivity contribution in [2.24, 2.45) is 5.41 Å². The summed E-state index contributed by atoms with van der Waals surface area (Å²) < 4.78 is 0. The topological polar surface area (TPSA) is 0 Å². The van der Waals surface area contributed by atoms with E-state index >= 15 is 0 Å². The number of rotatable bonds is 4. The van der Waals surface area contributed by atoms with Gasteiger partial charge in [0, 0.05) is 32.7 Å². The van der Waals surface area contributed by atoms with Crippen LogP contribution in [-0.4, -0.2) is 0 Å². The number of hydrogen-bond acceptors (Lipinski definition) is 0. The van der Waals surface area contributed by atoms with Gasteiger partial charge < -0.3 is 5.92 Å². The molecule has 0 saturated heterocycles. The van der Waals surface area contributed by atoms with Gasteiger partial charge in [0.25, 0.3) is 0 Å². The summed E-state index contributed by atoms with van der Waals surface area (Å²) in [6.07, 6.45) is 14.9. The molecule has 3 saturated carbocycles. The van der Waals surface area contributed by atoms with Gasteiger partial charge in [-0.1, -0.05) is 45.4 Å². The van der Waals surface area contributed by atoms with E-state index < -0.39 is 0 Å². The van der Waals surface area contributed by atoms with Gasteiger partial charge in [-0.05, 0) is 11.8 Å². The minimum Gasteiger partial charge on any atom is -0.314 e. The molecule has 1 radical (unpaired) electrons. The Morgan fingerprint density at radius 1 is 1.00 bits per heavy atom. The van der Waals surface area contributed by atoms with Crippen LogP contribution in [0.1, 0.15) is 71.1 Å². The van der Waals surface area contributed by atoms with Crippen LogP contribution >= 0.6 is 0 Å². The van der Waals surface area contributed by atoms with Crippen molar-refractivity contribution in [3.63, 3.8) is 0 Å². The van der Waals surface area contributed by atoms with Gasteiger partial charge in [-0.15, -0.1) is 0 Å². The SMILES string of the molecule is CCCCCC12CC[C-](CC1)CC2.[Y]. The number of unbranched alkanes of at least 4 members (excludes halogenated alkanes) is 2. The molecule has 2 bridgehead atoms. The summed E-state index contributed by atoms with van der Waals surface area (Å²) in [7, 11) is 0. The fraction of sp³-hybridized carbons (Fsp3) is 0.923. The van der Waals surface area contributed by atoms with E-state index in [0.29, 0.717) is 0 Å². The Labute approximate surface area is 114 Å². The van der Waals surface area contributed by atoms with Crippen LogP contribution in [-0.2, 0) is 32.7 Å². The van der Waals surface area contributed by atoms with E-state index in [0.717, 1.165) is 5.41 Å². The predicted molar refractivity (Wildman–Crippen MR) is 57.5 cm³/mol. The van der Waals surface area contributed by atoms with Crippen molar-refractivity contribution in [2.45, 2.75) is 71.1 Å². The molecule has 1 heteroatoms. The first-order valence-corrected chi connectivity index (χ1v) is 6.18. The van der Waals surface area contributed by atoms with Gasteiger partial charge in [0.1, 0.15) is 0 Å². The molecule has 3 fully saturated rings. The third-order valence-electron chi connectivity index (χ3n) is 4.34. The van der Waals surface area contributed by atoms with Crippen LogP contribution in [0.5, 0.6) is 0 Å². The predicted octanol–water partition coefficient (Wildman–Crippen LogP) is 4.49. The van der Waals surface area contributed by atoms with Crippen molar-refractivity contribution < 1.29 is 32.7 Å². The Bertz CT molecular complexity index is 143. The van der Waals surface area contributed by atoms with Crippen molar-refractivity contribution in [2.75, 3.05) is 0 Å². The third-order valence-corrected chi connectivity index (χ3v) is 4.34. The maximum Gasteiger partial charge on any atom is 0 e. The van der Waals surface area contributed by atoms with E-state index in [1.54, 1.807) is 0 Å². The minimum absolute atomic E-state index is 0. The Balaban J connectivity index is 0.000000980. The molecule has 79 valence electrons. The largest absolute Gasteiger partial charge is 0.314 e. The molecule has 0 N–H and O–H groups in total. The van der Waals surface area contributed by atoms with Crippen molar-refractivity contribution in [1.29, 1.82) is 0 Å². The van der Waals surface area contributed by atoms with Gasteiger partial charge in [-0.2, -0.15) is 19.3 Å². The van der Waals surface area contributed by atoms with Crippen LogP contribution in [0.3, 0.4) is 0 Å². The Kier molecular flexibility index (Phi) is 5.64. The molecule has 3 aliphatic carbocycles. The third kappa shape index (κ3) is 3.05. The minimum atomic E-state index is 0. The summed E-state index contributed by atoms with van der Waals surface area (Å²) in [5.41, 5.74) is 0.816.